The van der Waals surface area contributed by atoms with Crippen molar-refractivity contribution in [2.24, 2.45) is 10.8 Å². The maximum Gasteiger partial charge on any atom is 0.305 e. The lowest BCUT2D eigenvalue weighted by molar-refractivity contribution is -0.153. The van der Waals surface area contributed by atoms with Crippen LogP contribution in [0.2, 0.25) is 0 Å². The standard InChI is InChI=1S/C45H62O7/c1-13-40(48)51-37-27-42(9,10)45(44(12,29-37)52-45)30-38(47)34(5)23-17-22-32(3)19-15-14-18-31(2)20-16-21-33(4)24-25-39-41(7,8)26-36(50-35(6)46)28-43(39,11)49/h14-24,36-37,49H,13,26-30H2,1-12H3. The lowest BCUT2D eigenvalue weighted by Crippen LogP contribution is -2.49. The number of epoxide rings is 1. The fourth-order valence-corrected chi connectivity index (χ4v) is 8.08. The average Bonchev–Trinajstić information content (AvgIpc) is 3.62. The largest absolute Gasteiger partial charge is 0.462 e. The van der Waals surface area contributed by atoms with Crippen molar-refractivity contribution in [3.8, 4) is 0 Å². The number of ketones is 1. The van der Waals surface area contributed by atoms with Gasteiger partial charge in [0.05, 0.1) is 11.2 Å². The van der Waals surface area contributed by atoms with Gasteiger partial charge in [-0.15, -0.1) is 5.73 Å². The van der Waals surface area contributed by atoms with E-state index >= 15 is 0 Å². The van der Waals surface area contributed by atoms with Gasteiger partial charge in [0.15, 0.2) is 5.78 Å². The lowest BCUT2D eigenvalue weighted by Gasteiger charge is -2.44. The molecule has 3 fully saturated rings. The number of aliphatic hydroxyl groups is 1. The molecule has 0 bridgehead atoms. The molecule has 1 saturated heterocycles. The number of allylic oxidation sites excluding steroid dienone is 14. The van der Waals surface area contributed by atoms with Gasteiger partial charge >= 0.3 is 11.9 Å². The second kappa shape index (κ2) is 16.9. The van der Waals surface area contributed by atoms with Gasteiger partial charge in [-0.1, -0.05) is 107 Å². The predicted molar refractivity (Wildman–Crippen MR) is 208 cm³/mol. The molecule has 1 N–H and O–H groups in total. The summed E-state index contributed by atoms with van der Waals surface area (Å²) in [6.45, 7) is 23.2. The van der Waals surface area contributed by atoms with Crippen LogP contribution in [0.15, 0.2) is 100 Å². The number of hydrogen-bond acceptors (Lipinski definition) is 7. The van der Waals surface area contributed by atoms with Crippen molar-refractivity contribution >= 4 is 17.7 Å². The quantitative estimate of drug-likeness (QED) is 0.0666. The second-order valence-corrected chi connectivity index (χ2v) is 16.7. The minimum absolute atomic E-state index is 0.0655. The van der Waals surface area contributed by atoms with Crippen LogP contribution < -0.4 is 0 Å². The molecule has 0 spiro atoms. The highest BCUT2D eigenvalue weighted by atomic mass is 16.6. The van der Waals surface area contributed by atoms with Crippen molar-refractivity contribution < 1.29 is 33.7 Å². The molecule has 0 aromatic rings. The first-order valence-electron chi connectivity index (χ1n) is 18.6. The predicted octanol–water partition coefficient (Wildman–Crippen LogP) is 9.65. The highest BCUT2D eigenvalue weighted by Gasteiger charge is 2.76. The van der Waals surface area contributed by atoms with E-state index in [4.69, 9.17) is 14.2 Å². The van der Waals surface area contributed by atoms with Crippen LogP contribution in [0, 0.1) is 10.8 Å². The Kier molecular flexibility index (Phi) is 13.9. The summed E-state index contributed by atoms with van der Waals surface area (Å²) in [6, 6.07) is 0. The number of carbonyl (C=O) groups is 3. The van der Waals surface area contributed by atoms with Gasteiger partial charge in [-0.2, -0.15) is 0 Å². The van der Waals surface area contributed by atoms with Crippen molar-refractivity contribution in [2.45, 2.75) is 151 Å². The summed E-state index contributed by atoms with van der Waals surface area (Å²) >= 11 is 0. The summed E-state index contributed by atoms with van der Waals surface area (Å²) < 4.78 is 17.4. The minimum atomic E-state index is -1.11. The number of hydrogen-bond donors (Lipinski definition) is 1. The van der Waals surface area contributed by atoms with Crippen LogP contribution in [-0.4, -0.2) is 51.8 Å². The van der Waals surface area contributed by atoms with Gasteiger partial charge in [0.1, 0.15) is 17.8 Å². The first-order valence-corrected chi connectivity index (χ1v) is 18.6. The van der Waals surface area contributed by atoms with Crippen LogP contribution in [0.4, 0.5) is 0 Å². The molecule has 0 amide bonds. The third-order valence-corrected chi connectivity index (χ3v) is 10.7. The van der Waals surface area contributed by atoms with Crippen LogP contribution >= 0.6 is 0 Å². The van der Waals surface area contributed by atoms with Crippen LogP contribution in [-0.2, 0) is 28.6 Å². The van der Waals surface area contributed by atoms with Gasteiger partial charge in [0, 0.05) is 43.6 Å². The van der Waals surface area contributed by atoms with Gasteiger partial charge in [0.25, 0.3) is 0 Å². The Morgan fingerprint density at radius 3 is 1.87 bits per heavy atom. The van der Waals surface area contributed by atoms with E-state index in [0.29, 0.717) is 44.1 Å². The van der Waals surface area contributed by atoms with E-state index in [9.17, 15) is 19.5 Å². The Morgan fingerprint density at radius 1 is 0.769 bits per heavy atom. The fourth-order valence-electron chi connectivity index (χ4n) is 8.08. The molecule has 7 nitrogen and oxygen atoms in total. The molecular weight excluding hydrogens is 652 g/mol. The molecule has 0 aromatic carbocycles. The molecule has 1 heterocycles. The van der Waals surface area contributed by atoms with Crippen molar-refractivity contribution in [3.63, 3.8) is 0 Å². The smallest absolute Gasteiger partial charge is 0.305 e. The zero-order valence-electron chi connectivity index (χ0n) is 33.6. The Balaban J connectivity index is 1.54. The van der Waals surface area contributed by atoms with Gasteiger partial charge < -0.3 is 19.3 Å². The van der Waals surface area contributed by atoms with E-state index in [1.165, 1.54) is 6.92 Å². The van der Waals surface area contributed by atoms with Gasteiger partial charge in [-0.05, 0) is 77.0 Å². The van der Waals surface area contributed by atoms with E-state index < -0.39 is 16.8 Å². The molecule has 5 unspecified atom stereocenters. The number of fused-ring (bicyclic) bond motifs is 1. The third-order valence-electron chi connectivity index (χ3n) is 10.7. The molecule has 3 rings (SSSR count). The molecule has 0 radical (unpaired) electrons. The zero-order valence-corrected chi connectivity index (χ0v) is 33.6. The Hall–Kier alpha value is -3.77. The Morgan fingerprint density at radius 2 is 1.33 bits per heavy atom. The summed E-state index contributed by atoms with van der Waals surface area (Å²) in [5.41, 5.74) is 5.17. The van der Waals surface area contributed by atoms with Crippen molar-refractivity contribution in [3.05, 3.63) is 100 Å². The normalized spacial score (nSPS) is 30.7. The molecule has 7 heteroatoms. The van der Waals surface area contributed by atoms with Gasteiger partial charge in [0.2, 0.25) is 0 Å². The number of esters is 2. The van der Waals surface area contributed by atoms with E-state index in [0.717, 1.165) is 22.3 Å². The molecular formula is C45H62O7. The SMILES string of the molecule is CCC(=O)OC1CC(C)(C)C2(CC(=O)C(C)=CC=CC(C)=CC=CC=C(C)C=CC=C(C)C=C=C3C(C)(C)CC(OC(C)=O)CC3(C)O)OC2(C)C1. The topological polar surface area (TPSA) is 102 Å². The lowest BCUT2D eigenvalue weighted by atomic mass is 9.61. The molecule has 0 aromatic heterocycles. The maximum atomic E-state index is 13.3. The summed E-state index contributed by atoms with van der Waals surface area (Å²) in [4.78, 5) is 36.7. The molecule has 2 aliphatic carbocycles. The monoisotopic (exact) mass is 714 g/mol. The Bertz CT molecular complexity index is 1640. The maximum absolute atomic E-state index is 13.3. The van der Waals surface area contributed by atoms with E-state index in [2.05, 4.69) is 19.6 Å². The highest BCUT2D eigenvalue weighted by molar-refractivity contribution is 5.96. The summed E-state index contributed by atoms with van der Waals surface area (Å²) in [5.74, 6) is -0.461. The zero-order chi connectivity index (χ0) is 39.1. The van der Waals surface area contributed by atoms with Gasteiger partial charge in [-0.3, -0.25) is 14.4 Å². The highest BCUT2D eigenvalue weighted by Crippen LogP contribution is 2.67. The van der Waals surface area contributed by atoms with Crippen molar-refractivity contribution in [1.82, 2.24) is 0 Å². The first-order chi connectivity index (χ1) is 24.1. The molecule has 2 saturated carbocycles. The molecule has 5 atom stereocenters. The van der Waals surface area contributed by atoms with Crippen LogP contribution in [0.3, 0.4) is 0 Å². The third kappa shape index (κ3) is 10.9. The molecule has 52 heavy (non-hydrogen) atoms. The molecule has 284 valence electrons. The Labute approximate surface area is 312 Å². The number of rotatable bonds is 13. The molecule has 1 aliphatic heterocycles. The second-order valence-electron chi connectivity index (χ2n) is 16.7. The average molecular weight is 715 g/mol. The fraction of sp³-hybridized carbons (Fsp3) is 0.556. The minimum Gasteiger partial charge on any atom is -0.462 e. The van der Waals surface area contributed by atoms with Crippen LogP contribution in [0.25, 0.3) is 0 Å². The summed E-state index contributed by atoms with van der Waals surface area (Å²) in [6.07, 6.45) is 24.1. The van der Waals surface area contributed by atoms with E-state index in [1.807, 2.05) is 115 Å². The van der Waals surface area contributed by atoms with Gasteiger partial charge in [-0.25, -0.2) is 0 Å². The van der Waals surface area contributed by atoms with Crippen molar-refractivity contribution in [2.75, 3.05) is 0 Å². The number of Topliss-reactive ketones (excluding diaryl/α,β-unsaturated/α-hetero) is 1. The summed E-state index contributed by atoms with van der Waals surface area (Å²) in [7, 11) is 0. The number of ether oxygens (including phenoxy) is 3. The van der Waals surface area contributed by atoms with Crippen molar-refractivity contribution in [1.29, 1.82) is 0 Å². The summed E-state index contributed by atoms with van der Waals surface area (Å²) in [5, 5.41) is 11.2. The van der Waals surface area contributed by atoms with E-state index in [1.54, 1.807) is 13.8 Å². The first kappa shape index (κ1) is 42.6. The number of carbonyl (C=O) groups excluding carboxylic acids is 3. The van der Waals surface area contributed by atoms with Crippen LogP contribution in [0.1, 0.15) is 122 Å². The van der Waals surface area contributed by atoms with Crippen LogP contribution in [0.5, 0.6) is 0 Å². The molecule has 3 aliphatic rings. The van der Waals surface area contributed by atoms with E-state index in [-0.39, 0.29) is 40.8 Å².